The van der Waals surface area contributed by atoms with Crippen molar-refractivity contribution in [3.63, 3.8) is 0 Å². The number of allylic oxidation sites excluding steroid dienone is 2. The summed E-state index contributed by atoms with van der Waals surface area (Å²) in [6.07, 6.45) is 5.98. The second-order valence-corrected chi connectivity index (χ2v) is 8.08. The van der Waals surface area contributed by atoms with Crippen molar-refractivity contribution in [2.45, 2.75) is 53.6 Å². The second-order valence-electron chi connectivity index (χ2n) is 8.08. The van der Waals surface area contributed by atoms with E-state index in [1.165, 1.54) is 0 Å². The second kappa shape index (κ2) is 5.45. The normalized spacial score (nSPS) is 26.4. The lowest BCUT2D eigenvalue weighted by atomic mass is 9.59. The van der Waals surface area contributed by atoms with Crippen LogP contribution in [0.5, 0.6) is 0 Å². The lowest BCUT2D eigenvalue weighted by molar-refractivity contribution is -0.132. The molecular weight excluding hydrogens is 264 g/mol. The number of carbonyl (C=O) groups is 1. The third-order valence-corrected chi connectivity index (χ3v) is 4.26. The predicted octanol–water partition coefficient (Wildman–Crippen LogP) is 3.95. The fourth-order valence-electron chi connectivity index (χ4n) is 2.80. The summed E-state index contributed by atoms with van der Waals surface area (Å²) >= 11 is 0. The van der Waals surface area contributed by atoms with Crippen LogP contribution in [0.15, 0.2) is 36.0 Å². The van der Waals surface area contributed by atoms with E-state index in [9.17, 15) is 9.90 Å². The van der Waals surface area contributed by atoms with E-state index in [-0.39, 0.29) is 22.3 Å². The molecular formula is C18H28O3. The van der Waals surface area contributed by atoms with E-state index in [4.69, 9.17) is 5.11 Å². The van der Waals surface area contributed by atoms with Crippen LogP contribution in [0.4, 0.5) is 0 Å². The van der Waals surface area contributed by atoms with Gasteiger partial charge in [-0.15, -0.1) is 0 Å². The van der Waals surface area contributed by atoms with Crippen LogP contribution in [-0.4, -0.2) is 21.8 Å². The Morgan fingerprint density at radius 2 is 1.81 bits per heavy atom. The lowest BCUT2D eigenvalue weighted by Gasteiger charge is -2.50. The highest BCUT2D eigenvalue weighted by Gasteiger charge is 2.49. The van der Waals surface area contributed by atoms with E-state index in [0.29, 0.717) is 6.42 Å². The van der Waals surface area contributed by atoms with E-state index in [2.05, 4.69) is 27.4 Å². The molecule has 0 saturated carbocycles. The summed E-state index contributed by atoms with van der Waals surface area (Å²) in [5.74, 6) is -1.07. The van der Waals surface area contributed by atoms with Crippen molar-refractivity contribution in [1.82, 2.24) is 0 Å². The zero-order chi connectivity index (χ0) is 16.6. The average Bonchev–Trinajstić information content (AvgIpc) is 2.28. The molecule has 1 aliphatic rings. The van der Waals surface area contributed by atoms with Gasteiger partial charge in [0.15, 0.2) is 0 Å². The van der Waals surface area contributed by atoms with Crippen molar-refractivity contribution < 1.29 is 15.0 Å². The number of hydrogen-bond acceptors (Lipinski definition) is 2. The summed E-state index contributed by atoms with van der Waals surface area (Å²) in [7, 11) is 0. The molecule has 0 aliphatic heterocycles. The first-order valence-corrected chi connectivity index (χ1v) is 7.32. The Bertz CT molecular complexity index is 498. The Balaban J connectivity index is 3.20. The van der Waals surface area contributed by atoms with Crippen LogP contribution in [0.1, 0.15) is 48.0 Å². The first-order valence-electron chi connectivity index (χ1n) is 7.32. The lowest BCUT2D eigenvalue weighted by Crippen LogP contribution is -2.52. The van der Waals surface area contributed by atoms with Crippen molar-refractivity contribution in [1.29, 1.82) is 0 Å². The molecule has 0 bridgehead atoms. The minimum Gasteiger partial charge on any atom is -0.478 e. The predicted molar refractivity (Wildman–Crippen MR) is 86.0 cm³/mol. The van der Waals surface area contributed by atoms with Crippen LogP contribution in [-0.2, 0) is 4.79 Å². The molecule has 3 heteroatoms. The van der Waals surface area contributed by atoms with E-state index in [1.807, 2.05) is 39.0 Å². The van der Waals surface area contributed by atoms with Gasteiger partial charge in [0.2, 0.25) is 0 Å². The largest absolute Gasteiger partial charge is 0.478 e. The van der Waals surface area contributed by atoms with Gasteiger partial charge in [0.1, 0.15) is 0 Å². The van der Waals surface area contributed by atoms with Gasteiger partial charge < -0.3 is 10.2 Å². The molecule has 2 unspecified atom stereocenters. The molecule has 0 amide bonds. The molecule has 0 fully saturated rings. The zero-order valence-electron chi connectivity index (χ0n) is 14.0. The molecule has 0 saturated heterocycles. The number of aliphatic hydroxyl groups is 1. The molecule has 0 aromatic rings. The number of hydrogen-bond donors (Lipinski definition) is 2. The van der Waals surface area contributed by atoms with Gasteiger partial charge in [0.25, 0.3) is 0 Å². The van der Waals surface area contributed by atoms with Crippen LogP contribution in [0.2, 0.25) is 0 Å². The van der Waals surface area contributed by atoms with Crippen LogP contribution in [0, 0.1) is 16.7 Å². The van der Waals surface area contributed by atoms with E-state index >= 15 is 0 Å². The number of carboxylic acid groups (broad SMARTS) is 1. The van der Waals surface area contributed by atoms with Crippen molar-refractivity contribution in [3.8, 4) is 0 Å². The van der Waals surface area contributed by atoms with Gasteiger partial charge >= 0.3 is 5.97 Å². The summed E-state index contributed by atoms with van der Waals surface area (Å²) in [5.41, 5.74) is -0.342. The Morgan fingerprint density at radius 3 is 2.19 bits per heavy atom. The Kier molecular flexibility index (Phi) is 4.59. The smallest absolute Gasteiger partial charge is 0.331 e. The highest BCUT2D eigenvalue weighted by molar-refractivity contribution is 5.86. The van der Waals surface area contributed by atoms with Crippen molar-refractivity contribution >= 4 is 5.97 Å². The van der Waals surface area contributed by atoms with Gasteiger partial charge in [0, 0.05) is 17.9 Å². The van der Waals surface area contributed by atoms with E-state index in [0.717, 1.165) is 5.57 Å². The Hall–Kier alpha value is -1.35. The van der Waals surface area contributed by atoms with Crippen molar-refractivity contribution in [2.24, 2.45) is 16.7 Å². The van der Waals surface area contributed by atoms with Gasteiger partial charge in [-0.3, -0.25) is 0 Å². The summed E-state index contributed by atoms with van der Waals surface area (Å²) < 4.78 is 0. The first-order chi connectivity index (χ1) is 9.29. The minimum atomic E-state index is -0.978. The van der Waals surface area contributed by atoms with Crippen LogP contribution in [0.3, 0.4) is 0 Å². The SMILES string of the molecule is C=C(CC1=CC(C(C)(C)C)C(O)(C(C)(C)C)C=C1)C(=O)O. The third kappa shape index (κ3) is 3.65. The third-order valence-electron chi connectivity index (χ3n) is 4.26. The van der Waals surface area contributed by atoms with E-state index < -0.39 is 11.6 Å². The maximum atomic E-state index is 11.2. The highest BCUT2D eigenvalue weighted by Crippen LogP contribution is 2.48. The van der Waals surface area contributed by atoms with Crippen molar-refractivity contribution in [3.05, 3.63) is 36.0 Å². The molecule has 2 N–H and O–H groups in total. The number of carboxylic acids is 1. The quantitative estimate of drug-likeness (QED) is 0.774. The monoisotopic (exact) mass is 292 g/mol. The van der Waals surface area contributed by atoms with Gasteiger partial charge in [-0.05, 0) is 16.4 Å². The van der Waals surface area contributed by atoms with Crippen LogP contribution in [0.25, 0.3) is 0 Å². The topological polar surface area (TPSA) is 57.5 Å². The van der Waals surface area contributed by atoms with Crippen molar-refractivity contribution in [2.75, 3.05) is 0 Å². The van der Waals surface area contributed by atoms with Gasteiger partial charge in [-0.1, -0.05) is 66.3 Å². The molecule has 118 valence electrons. The molecule has 0 aromatic heterocycles. The molecule has 0 radical (unpaired) electrons. The Labute approximate surface area is 128 Å². The molecule has 0 heterocycles. The van der Waals surface area contributed by atoms with E-state index in [1.54, 1.807) is 0 Å². The number of aliphatic carboxylic acids is 1. The number of rotatable bonds is 3. The highest BCUT2D eigenvalue weighted by atomic mass is 16.4. The van der Waals surface area contributed by atoms with Gasteiger partial charge in [0.05, 0.1) is 5.60 Å². The maximum absolute atomic E-state index is 11.2. The summed E-state index contributed by atoms with van der Waals surface area (Å²) in [6.45, 7) is 15.9. The summed E-state index contributed by atoms with van der Waals surface area (Å²) in [5, 5.41) is 20.2. The van der Waals surface area contributed by atoms with Crippen LogP contribution < -0.4 is 0 Å². The standard InChI is InChI=1S/C18H28O3/c1-12(15(19)20)10-13-8-9-18(21,17(5,6)7)14(11-13)16(2,3)4/h8-9,11,14,21H,1,10H2,2-7H3,(H,19,20). The molecule has 0 spiro atoms. The Morgan fingerprint density at radius 1 is 1.29 bits per heavy atom. The molecule has 1 aliphatic carbocycles. The fourth-order valence-corrected chi connectivity index (χ4v) is 2.80. The molecule has 21 heavy (non-hydrogen) atoms. The summed E-state index contributed by atoms with van der Waals surface area (Å²) in [4.78, 5) is 10.9. The fraction of sp³-hybridized carbons (Fsp3) is 0.611. The zero-order valence-corrected chi connectivity index (χ0v) is 14.0. The first kappa shape index (κ1) is 17.7. The summed E-state index contributed by atoms with van der Waals surface area (Å²) in [6, 6.07) is 0. The van der Waals surface area contributed by atoms with Crippen LogP contribution >= 0.6 is 0 Å². The molecule has 1 rings (SSSR count). The average molecular weight is 292 g/mol. The molecule has 0 aromatic carbocycles. The molecule has 2 atom stereocenters. The van der Waals surface area contributed by atoms with Gasteiger partial charge in [-0.25, -0.2) is 4.79 Å². The minimum absolute atomic E-state index is 0.0911. The maximum Gasteiger partial charge on any atom is 0.331 e. The molecule has 3 nitrogen and oxygen atoms in total. The van der Waals surface area contributed by atoms with Gasteiger partial charge in [-0.2, -0.15) is 0 Å².